The van der Waals surface area contributed by atoms with Crippen LogP contribution in [0.25, 0.3) is 6.08 Å². The minimum Gasteiger partial charge on any atom is -0.493 e. The third-order valence-corrected chi connectivity index (χ3v) is 8.69. The number of hydrogen-bond donors (Lipinski definition) is 0. The van der Waals surface area contributed by atoms with Gasteiger partial charge in [-0.2, -0.15) is 8.42 Å². The zero-order valence-corrected chi connectivity index (χ0v) is 24.8. The number of rotatable bonds is 7. The zero-order valence-electron chi connectivity index (χ0n) is 20.8. The topological polar surface area (TPSA) is 85.3 Å². The van der Waals surface area contributed by atoms with Crippen molar-refractivity contribution in [3.05, 3.63) is 117 Å². The average molecular weight is 656 g/mol. The summed E-state index contributed by atoms with van der Waals surface area (Å²) in [5, 5.41) is 0.908. The molecule has 0 radical (unpaired) electrons. The molecule has 1 amide bonds. The van der Waals surface area contributed by atoms with Gasteiger partial charge in [0.25, 0.3) is 5.91 Å². The summed E-state index contributed by atoms with van der Waals surface area (Å²) in [4.78, 5) is 20.2. The SMILES string of the molecule is COc1cc(/C=C2/SC(=Nc3ccccc3)N(c3ccccc3)C2=O)cc(Br)c1OS(=O)(=O)c1ccc(Cl)cc1. The van der Waals surface area contributed by atoms with Crippen molar-refractivity contribution in [1.82, 2.24) is 0 Å². The van der Waals surface area contributed by atoms with Crippen LogP contribution in [0.4, 0.5) is 11.4 Å². The molecule has 1 heterocycles. The molecule has 202 valence electrons. The number of carbonyl (C=O) groups excluding carboxylic acids is 1. The zero-order chi connectivity index (χ0) is 28.3. The molecule has 0 aliphatic carbocycles. The van der Waals surface area contributed by atoms with E-state index in [1.807, 2.05) is 60.7 Å². The van der Waals surface area contributed by atoms with Crippen molar-refractivity contribution < 1.29 is 22.1 Å². The summed E-state index contributed by atoms with van der Waals surface area (Å²) in [6.45, 7) is 0. The minimum absolute atomic E-state index is 0.0257. The van der Waals surface area contributed by atoms with E-state index in [0.717, 1.165) is 0 Å². The molecule has 0 N–H and O–H groups in total. The van der Waals surface area contributed by atoms with Gasteiger partial charge < -0.3 is 8.92 Å². The Labute approximate surface area is 249 Å². The van der Waals surface area contributed by atoms with Crippen LogP contribution in [0.15, 0.2) is 116 Å². The van der Waals surface area contributed by atoms with Crippen molar-refractivity contribution >= 4 is 77.9 Å². The molecule has 0 atom stereocenters. The number of nitrogens with zero attached hydrogens (tertiary/aromatic N) is 2. The van der Waals surface area contributed by atoms with Gasteiger partial charge >= 0.3 is 10.1 Å². The van der Waals surface area contributed by atoms with Gasteiger partial charge in [-0.15, -0.1) is 0 Å². The molecular formula is C29H20BrClN2O5S2. The molecule has 40 heavy (non-hydrogen) atoms. The lowest BCUT2D eigenvalue weighted by Crippen LogP contribution is -2.28. The van der Waals surface area contributed by atoms with Crippen LogP contribution in [0.5, 0.6) is 11.5 Å². The molecule has 1 saturated heterocycles. The van der Waals surface area contributed by atoms with Crippen molar-refractivity contribution in [3.63, 3.8) is 0 Å². The Balaban J connectivity index is 1.50. The lowest BCUT2D eigenvalue weighted by atomic mass is 10.2. The minimum atomic E-state index is -4.17. The number of halogens is 2. The second-order valence-corrected chi connectivity index (χ2v) is 12.2. The summed E-state index contributed by atoms with van der Waals surface area (Å²) in [7, 11) is -2.77. The standard InChI is InChI=1S/C29H20BrClN2O5S2/c1-37-25-17-19(16-24(30)27(25)38-40(35,36)23-14-12-20(31)13-15-23)18-26-28(34)33(22-10-6-3-7-11-22)29(39-26)32-21-8-4-2-5-9-21/h2-18H,1H3/b26-18+,32-29?. The van der Waals surface area contributed by atoms with Crippen LogP contribution in [0, 0.1) is 0 Å². The normalized spacial score (nSPS) is 15.6. The number of methoxy groups -OCH3 is 1. The van der Waals surface area contributed by atoms with Crippen molar-refractivity contribution in [3.8, 4) is 11.5 Å². The van der Waals surface area contributed by atoms with E-state index in [4.69, 9.17) is 25.5 Å². The predicted molar refractivity (Wildman–Crippen MR) is 163 cm³/mol. The van der Waals surface area contributed by atoms with Gasteiger partial charge in [-0.3, -0.25) is 9.69 Å². The lowest BCUT2D eigenvalue weighted by molar-refractivity contribution is -0.113. The Morgan fingerprint density at radius 1 is 0.950 bits per heavy atom. The number of aliphatic imine (C=N–C) groups is 1. The number of para-hydroxylation sites is 2. The molecule has 4 aromatic carbocycles. The fourth-order valence-corrected chi connectivity index (χ4v) is 6.51. The number of carbonyl (C=O) groups is 1. The Bertz CT molecular complexity index is 1730. The highest BCUT2D eigenvalue weighted by Gasteiger charge is 2.35. The van der Waals surface area contributed by atoms with Gasteiger partial charge in [0, 0.05) is 5.02 Å². The second kappa shape index (κ2) is 11.9. The predicted octanol–water partition coefficient (Wildman–Crippen LogP) is 7.69. The third kappa shape index (κ3) is 6.10. The molecular weight excluding hydrogens is 636 g/mol. The monoisotopic (exact) mass is 654 g/mol. The van der Waals surface area contributed by atoms with E-state index in [2.05, 4.69) is 15.9 Å². The van der Waals surface area contributed by atoms with Gasteiger partial charge in [0.2, 0.25) is 0 Å². The van der Waals surface area contributed by atoms with E-state index in [0.29, 0.717) is 36.5 Å². The maximum Gasteiger partial charge on any atom is 0.339 e. The summed E-state index contributed by atoms with van der Waals surface area (Å²) in [5.41, 5.74) is 1.99. The largest absolute Gasteiger partial charge is 0.493 e. The molecule has 1 aliphatic heterocycles. The average Bonchev–Trinajstić information content (AvgIpc) is 3.25. The van der Waals surface area contributed by atoms with Gasteiger partial charge in [0.1, 0.15) is 4.90 Å². The molecule has 1 fully saturated rings. The first-order valence-corrected chi connectivity index (χ1v) is 15.1. The fraction of sp³-hybridized carbons (Fsp3) is 0.0345. The number of amides is 1. The van der Waals surface area contributed by atoms with Crippen LogP contribution in [0.3, 0.4) is 0 Å². The highest BCUT2D eigenvalue weighted by atomic mass is 79.9. The summed E-state index contributed by atoms with van der Waals surface area (Å²) in [6, 6.07) is 27.5. The van der Waals surface area contributed by atoms with Crippen molar-refractivity contribution in [2.45, 2.75) is 4.90 Å². The Morgan fingerprint density at radius 3 is 2.25 bits per heavy atom. The molecule has 7 nitrogen and oxygen atoms in total. The molecule has 5 rings (SSSR count). The number of hydrogen-bond acceptors (Lipinski definition) is 7. The molecule has 0 unspecified atom stereocenters. The second-order valence-electron chi connectivity index (χ2n) is 8.34. The van der Waals surface area contributed by atoms with E-state index in [-0.39, 0.29) is 22.3 Å². The van der Waals surface area contributed by atoms with Crippen LogP contribution in [0.2, 0.25) is 5.02 Å². The summed E-state index contributed by atoms with van der Waals surface area (Å²) in [5.74, 6) is -0.110. The van der Waals surface area contributed by atoms with E-state index >= 15 is 0 Å². The number of benzene rings is 4. The molecule has 1 aliphatic rings. The fourth-order valence-electron chi connectivity index (χ4n) is 3.78. The molecule has 0 bridgehead atoms. The maximum absolute atomic E-state index is 13.6. The molecule has 0 saturated carbocycles. The smallest absolute Gasteiger partial charge is 0.339 e. The molecule has 4 aromatic rings. The first-order valence-electron chi connectivity index (χ1n) is 11.8. The van der Waals surface area contributed by atoms with Gasteiger partial charge in [0.15, 0.2) is 16.7 Å². The highest BCUT2D eigenvalue weighted by Crippen LogP contribution is 2.41. The van der Waals surface area contributed by atoms with Crippen molar-refractivity contribution in [1.29, 1.82) is 0 Å². The van der Waals surface area contributed by atoms with Crippen LogP contribution in [-0.2, 0) is 14.9 Å². The van der Waals surface area contributed by atoms with Crippen LogP contribution in [0.1, 0.15) is 5.56 Å². The van der Waals surface area contributed by atoms with Crippen LogP contribution in [-0.4, -0.2) is 26.6 Å². The van der Waals surface area contributed by atoms with E-state index in [9.17, 15) is 13.2 Å². The quantitative estimate of drug-likeness (QED) is 0.150. The summed E-state index contributed by atoms with van der Waals surface area (Å²) < 4.78 is 37.0. The number of ether oxygens (including phenoxy) is 1. The van der Waals surface area contributed by atoms with Gasteiger partial charge in [-0.1, -0.05) is 48.0 Å². The maximum atomic E-state index is 13.6. The molecule has 0 aromatic heterocycles. The molecule has 11 heteroatoms. The van der Waals surface area contributed by atoms with E-state index in [1.165, 1.54) is 43.1 Å². The van der Waals surface area contributed by atoms with Crippen LogP contribution < -0.4 is 13.8 Å². The van der Waals surface area contributed by atoms with Crippen molar-refractivity contribution in [2.75, 3.05) is 12.0 Å². The van der Waals surface area contributed by atoms with Crippen LogP contribution >= 0.6 is 39.3 Å². The van der Waals surface area contributed by atoms with Gasteiger partial charge in [-0.25, -0.2) is 4.99 Å². The van der Waals surface area contributed by atoms with Gasteiger partial charge in [0.05, 0.1) is 27.9 Å². The molecule has 0 spiro atoms. The highest BCUT2D eigenvalue weighted by molar-refractivity contribution is 9.10. The summed E-state index contributed by atoms with van der Waals surface area (Å²) in [6.07, 6.45) is 1.70. The Morgan fingerprint density at radius 2 is 1.60 bits per heavy atom. The Kier molecular flexibility index (Phi) is 8.32. The van der Waals surface area contributed by atoms with Gasteiger partial charge in [-0.05, 0) is 100.0 Å². The third-order valence-electron chi connectivity index (χ3n) is 5.65. The first-order chi connectivity index (χ1) is 19.2. The number of anilines is 1. The number of thioether (sulfide) groups is 1. The summed E-state index contributed by atoms with van der Waals surface area (Å²) >= 11 is 10.5. The lowest BCUT2D eigenvalue weighted by Gasteiger charge is -2.15. The van der Waals surface area contributed by atoms with Crippen molar-refractivity contribution in [2.24, 2.45) is 4.99 Å². The van der Waals surface area contributed by atoms with E-state index < -0.39 is 10.1 Å². The Hall–Kier alpha value is -3.57. The van der Waals surface area contributed by atoms with E-state index in [1.54, 1.807) is 23.1 Å². The first kappa shape index (κ1) is 28.0. The number of amidine groups is 1.